The molecule has 3 heteroatoms. The molecule has 0 heterocycles. The zero-order chi connectivity index (χ0) is 10.7. The summed E-state index contributed by atoms with van der Waals surface area (Å²) >= 11 is 0. The van der Waals surface area contributed by atoms with Gasteiger partial charge in [-0.25, -0.2) is 0 Å². The van der Waals surface area contributed by atoms with Crippen molar-refractivity contribution in [1.82, 2.24) is 5.32 Å². The lowest BCUT2D eigenvalue weighted by molar-refractivity contribution is -0.144. The van der Waals surface area contributed by atoms with Crippen molar-refractivity contribution >= 4 is 5.97 Å². The molecular formula is C12H21NO2. The third-order valence-electron chi connectivity index (χ3n) is 3.74. The molecule has 2 aliphatic carbocycles. The minimum absolute atomic E-state index is 0.147. The van der Waals surface area contributed by atoms with Crippen molar-refractivity contribution in [3.8, 4) is 0 Å². The second kappa shape index (κ2) is 4.97. The summed E-state index contributed by atoms with van der Waals surface area (Å²) < 4.78 is 0. The van der Waals surface area contributed by atoms with Crippen LogP contribution in [0.3, 0.4) is 0 Å². The van der Waals surface area contributed by atoms with Crippen molar-refractivity contribution in [1.29, 1.82) is 0 Å². The van der Waals surface area contributed by atoms with Crippen LogP contribution in [-0.4, -0.2) is 23.7 Å². The number of aliphatic carboxylic acids is 1. The summed E-state index contributed by atoms with van der Waals surface area (Å²) in [6.45, 7) is 0.685. The second-order valence-electron chi connectivity index (χ2n) is 5.03. The zero-order valence-corrected chi connectivity index (χ0v) is 9.24. The van der Waals surface area contributed by atoms with Gasteiger partial charge in [0.1, 0.15) is 0 Å². The van der Waals surface area contributed by atoms with Crippen LogP contribution < -0.4 is 5.32 Å². The standard InChI is InChI=1S/C12H21NO2/c14-12(15)11(8-13-10-6-7-10)9-4-2-1-3-5-9/h9-11,13H,1-8H2,(H,14,15). The predicted molar refractivity (Wildman–Crippen MR) is 58.7 cm³/mol. The van der Waals surface area contributed by atoms with Gasteiger partial charge in [0.05, 0.1) is 5.92 Å². The smallest absolute Gasteiger partial charge is 0.308 e. The van der Waals surface area contributed by atoms with Crippen molar-refractivity contribution in [3.05, 3.63) is 0 Å². The molecule has 0 saturated heterocycles. The van der Waals surface area contributed by atoms with E-state index >= 15 is 0 Å². The van der Waals surface area contributed by atoms with E-state index < -0.39 is 5.97 Å². The van der Waals surface area contributed by atoms with E-state index in [1.54, 1.807) is 0 Å². The van der Waals surface area contributed by atoms with E-state index in [1.165, 1.54) is 32.1 Å². The molecule has 0 bridgehead atoms. The van der Waals surface area contributed by atoms with Crippen LogP contribution in [0, 0.1) is 11.8 Å². The maximum Gasteiger partial charge on any atom is 0.308 e. The highest BCUT2D eigenvalue weighted by Crippen LogP contribution is 2.30. The van der Waals surface area contributed by atoms with E-state index in [2.05, 4.69) is 5.32 Å². The summed E-state index contributed by atoms with van der Waals surface area (Å²) in [5, 5.41) is 12.6. The van der Waals surface area contributed by atoms with Gasteiger partial charge in [-0.2, -0.15) is 0 Å². The van der Waals surface area contributed by atoms with Gasteiger partial charge >= 0.3 is 5.97 Å². The summed E-state index contributed by atoms with van der Waals surface area (Å²) in [6, 6.07) is 0.621. The lowest BCUT2D eigenvalue weighted by Crippen LogP contribution is -2.35. The first-order valence-electron chi connectivity index (χ1n) is 6.23. The molecule has 86 valence electrons. The molecule has 0 aromatic heterocycles. The Hall–Kier alpha value is -0.570. The Labute approximate surface area is 91.2 Å². The van der Waals surface area contributed by atoms with Crippen LogP contribution in [0.5, 0.6) is 0 Å². The van der Waals surface area contributed by atoms with E-state index in [0.717, 1.165) is 12.8 Å². The Morgan fingerprint density at radius 2 is 1.87 bits per heavy atom. The first kappa shape index (κ1) is 10.9. The Balaban J connectivity index is 1.82. The lowest BCUT2D eigenvalue weighted by atomic mass is 9.80. The maximum absolute atomic E-state index is 11.2. The number of hydrogen-bond donors (Lipinski definition) is 2. The van der Waals surface area contributed by atoms with Crippen LogP contribution in [0.25, 0.3) is 0 Å². The average Bonchev–Trinajstić information content (AvgIpc) is 3.03. The van der Waals surface area contributed by atoms with Gasteiger partial charge in [-0.1, -0.05) is 19.3 Å². The fourth-order valence-electron chi connectivity index (χ4n) is 2.57. The van der Waals surface area contributed by atoms with Gasteiger partial charge < -0.3 is 10.4 Å². The van der Waals surface area contributed by atoms with Crippen molar-refractivity contribution < 1.29 is 9.90 Å². The van der Waals surface area contributed by atoms with E-state index in [1.807, 2.05) is 0 Å². The quantitative estimate of drug-likeness (QED) is 0.731. The number of carbonyl (C=O) groups is 1. The summed E-state index contributed by atoms with van der Waals surface area (Å²) in [6.07, 6.45) is 8.43. The molecule has 15 heavy (non-hydrogen) atoms. The molecule has 0 amide bonds. The third kappa shape index (κ3) is 3.20. The Morgan fingerprint density at radius 3 is 2.40 bits per heavy atom. The van der Waals surface area contributed by atoms with Crippen molar-refractivity contribution in [2.24, 2.45) is 11.8 Å². The summed E-state index contributed by atoms with van der Waals surface area (Å²) in [4.78, 5) is 11.2. The van der Waals surface area contributed by atoms with Crippen LogP contribution in [0.15, 0.2) is 0 Å². The minimum atomic E-state index is -0.602. The maximum atomic E-state index is 11.2. The molecule has 2 fully saturated rings. The summed E-state index contributed by atoms with van der Waals surface area (Å²) in [7, 11) is 0. The molecule has 3 nitrogen and oxygen atoms in total. The first-order valence-corrected chi connectivity index (χ1v) is 6.23. The number of carboxylic acids is 1. The SMILES string of the molecule is O=C(O)C(CNC1CC1)C1CCCCC1. The van der Waals surface area contributed by atoms with E-state index in [9.17, 15) is 9.90 Å². The number of rotatable bonds is 5. The van der Waals surface area contributed by atoms with Gasteiger partial charge in [0.2, 0.25) is 0 Å². The van der Waals surface area contributed by atoms with Gasteiger partial charge in [-0.15, -0.1) is 0 Å². The highest BCUT2D eigenvalue weighted by molar-refractivity contribution is 5.70. The van der Waals surface area contributed by atoms with Crippen LogP contribution >= 0.6 is 0 Å². The Morgan fingerprint density at radius 1 is 1.20 bits per heavy atom. The van der Waals surface area contributed by atoms with Crippen molar-refractivity contribution in [3.63, 3.8) is 0 Å². The molecule has 2 aliphatic rings. The molecule has 1 atom stereocenters. The first-order chi connectivity index (χ1) is 7.27. The highest BCUT2D eigenvalue weighted by Gasteiger charge is 2.31. The average molecular weight is 211 g/mol. The van der Waals surface area contributed by atoms with Gasteiger partial charge in [-0.05, 0) is 31.6 Å². The molecule has 0 aromatic rings. The predicted octanol–water partition coefficient (Wildman–Crippen LogP) is 2.02. The molecule has 0 radical (unpaired) electrons. The molecule has 2 rings (SSSR count). The van der Waals surface area contributed by atoms with Crippen LogP contribution in [0.4, 0.5) is 0 Å². The molecule has 0 aromatic carbocycles. The molecule has 1 unspecified atom stereocenters. The van der Waals surface area contributed by atoms with Crippen molar-refractivity contribution in [2.45, 2.75) is 51.0 Å². The van der Waals surface area contributed by atoms with E-state index in [0.29, 0.717) is 18.5 Å². The number of nitrogens with one attached hydrogen (secondary N) is 1. The topological polar surface area (TPSA) is 49.3 Å². The molecule has 0 spiro atoms. The monoisotopic (exact) mass is 211 g/mol. The summed E-state index contributed by atoms with van der Waals surface area (Å²) in [5.74, 6) is -0.330. The minimum Gasteiger partial charge on any atom is -0.481 e. The molecular weight excluding hydrogens is 190 g/mol. The van der Waals surface area contributed by atoms with Gasteiger partial charge in [0.15, 0.2) is 0 Å². The summed E-state index contributed by atoms with van der Waals surface area (Å²) in [5.41, 5.74) is 0. The number of hydrogen-bond acceptors (Lipinski definition) is 2. The van der Waals surface area contributed by atoms with E-state index in [4.69, 9.17) is 0 Å². The fourth-order valence-corrected chi connectivity index (χ4v) is 2.57. The zero-order valence-electron chi connectivity index (χ0n) is 9.24. The largest absolute Gasteiger partial charge is 0.481 e. The van der Waals surface area contributed by atoms with Crippen LogP contribution in [0.1, 0.15) is 44.9 Å². The molecule has 0 aliphatic heterocycles. The Kier molecular flexibility index (Phi) is 3.62. The third-order valence-corrected chi connectivity index (χ3v) is 3.74. The van der Waals surface area contributed by atoms with Gasteiger partial charge in [0, 0.05) is 12.6 Å². The van der Waals surface area contributed by atoms with Crippen LogP contribution in [0.2, 0.25) is 0 Å². The Bertz CT molecular complexity index is 220. The fraction of sp³-hybridized carbons (Fsp3) is 0.917. The number of carboxylic acid groups (broad SMARTS) is 1. The molecule has 2 N–H and O–H groups in total. The van der Waals surface area contributed by atoms with E-state index in [-0.39, 0.29) is 5.92 Å². The van der Waals surface area contributed by atoms with Gasteiger partial charge in [0.25, 0.3) is 0 Å². The van der Waals surface area contributed by atoms with Crippen LogP contribution in [-0.2, 0) is 4.79 Å². The highest BCUT2D eigenvalue weighted by atomic mass is 16.4. The van der Waals surface area contributed by atoms with Crippen molar-refractivity contribution in [2.75, 3.05) is 6.54 Å². The second-order valence-corrected chi connectivity index (χ2v) is 5.03. The molecule has 2 saturated carbocycles. The lowest BCUT2D eigenvalue weighted by Gasteiger charge is -2.27. The normalized spacial score (nSPS) is 25.1. The van der Waals surface area contributed by atoms with Gasteiger partial charge in [-0.3, -0.25) is 4.79 Å².